The molecule has 1 aliphatic rings. The van der Waals surface area contributed by atoms with Gasteiger partial charge >= 0.3 is 0 Å². The Morgan fingerprint density at radius 1 is 1.32 bits per heavy atom. The van der Waals surface area contributed by atoms with Crippen molar-refractivity contribution < 1.29 is 8.42 Å². The molecule has 0 aromatic carbocycles. The van der Waals surface area contributed by atoms with Gasteiger partial charge in [0, 0.05) is 63.2 Å². The molecule has 2 heterocycles. The number of sulfonamides is 1. The molecule has 0 radical (unpaired) electrons. The van der Waals surface area contributed by atoms with E-state index in [1.807, 2.05) is 23.9 Å². The topological polar surface area (TPSA) is 91.6 Å². The van der Waals surface area contributed by atoms with Crippen molar-refractivity contribution in [2.75, 3.05) is 50.0 Å². The Balaban J connectivity index is 1.73. The van der Waals surface area contributed by atoms with E-state index in [9.17, 15) is 8.42 Å². The molecule has 1 aromatic rings. The smallest absolute Gasteiger partial charge is 0.215 e. The van der Waals surface area contributed by atoms with Crippen molar-refractivity contribution in [1.82, 2.24) is 24.7 Å². The highest BCUT2D eigenvalue weighted by Gasteiger charge is 2.23. The number of thioether (sulfide) groups is 1. The molecule has 0 spiro atoms. The van der Waals surface area contributed by atoms with Gasteiger partial charge in [0.15, 0.2) is 5.96 Å². The van der Waals surface area contributed by atoms with Crippen molar-refractivity contribution in [1.29, 1.82) is 0 Å². The van der Waals surface area contributed by atoms with Gasteiger partial charge in [-0.15, -0.1) is 0 Å². The van der Waals surface area contributed by atoms with Crippen LogP contribution in [-0.4, -0.2) is 78.4 Å². The second-order valence-electron chi connectivity index (χ2n) is 5.64. The summed E-state index contributed by atoms with van der Waals surface area (Å²) < 4.78 is 28.1. The van der Waals surface area contributed by atoms with Gasteiger partial charge in [0.2, 0.25) is 10.0 Å². The van der Waals surface area contributed by atoms with E-state index in [2.05, 4.69) is 20.7 Å². The number of aromatic nitrogens is 2. The second-order valence-corrected chi connectivity index (χ2v) is 8.95. The molecule has 0 bridgehead atoms. The summed E-state index contributed by atoms with van der Waals surface area (Å²) in [5, 5.41) is 10.4. The molecular weight excluding hydrogens is 360 g/mol. The van der Waals surface area contributed by atoms with Gasteiger partial charge in [0.05, 0.1) is 5.75 Å². The normalized spacial score (nSPS) is 16.8. The summed E-state index contributed by atoms with van der Waals surface area (Å²) in [6, 6.07) is 1.90. The Morgan fingerprint density at radius 3 is 2.80 bits per heavy atom. The van der Waals surface area contributed by atoms with E-state index in [1.165, 1.54) is 0 Å². The first-order chi connectivity index (χ1) is 12.1. The Bertz CT molecular complexity index is 612. The molecule has 0 amide bonds. The van der Waals surface area contributed by atoms with Crippen molar-refractivity contribution >= 4 is 27.7 Å². The van der Waals surface area contributed by atoms with Crippen LogP contribution in [0.5, 0.6) is 0 Å². The lowest BCUT2D eigenvalue weighted by atomic mass is 10.4. The minimum absolute atomic E-state index is 0.0926. The number of aryl methyl sites for hydroxylation is 1. The van der Waals surface area contributed by atoms with Gasteiger partial charge in [0.25, 0.3) is 0 Å². The van der Waals surface area contributed by atoms with Crippen molar-refractivity contribution in [2.45, 2.75) is 19.9 Å². The molecule has 8 nitrogen and oxygen atoms in total. The summed E-state index contributed by atoms with van der Waals surface area (Å²) in [6.45, 7) is 5.80. The third-order valence-electron chi connectivity index (χ3n) is 3.73. The van der Waals surface area contributed by atoms with Crippen molar-refractivity contribution in [2.24, 2.45) is 4.99 Å². The zero-order chi connectivity index (χ0) is 18.0. The minimum atomic E-state index is -3.19. The van der Waals surface area contributed by atoms with Gasteiger partial charge < -0.3 is 10.6 Å². The van der Waals surface area contributed by atoms with E-state index < -0.39 is 10.0 Å². The molecular formula is C15H28N6O2S2. The van der Waals surface area contributed by atoms with Crippen LogP contribution in [0.2, 0.25) is 0 Å². The molecule has 0 aliphatic carbocycles. The first-order valence-electron chi connectivity index (χ1n) is 8.67. The van der Waals surface area contributed by atoms with Crippen LogP contribution in [0.25, 0.3) is 0 Å². The third-order valence-corrected chi connectivity index (χ3v) is 6.55. The van der Waals surface area contributed by atoms with Gasteiger partial charge in [-0.2, -0.15) is 16.9 Å². The predicted octanol–water partition coefficient (Wildman–Crippen LogP) is 0.207. The summed E-state index contributed by atoms with van der Waals surface area (Å²) in [5.74, 6) is 2.52. The lowest BCUT2D eigenvalue weighted by molar-refractivity contribution is 0.443. The largest absolute Gasteiger partial charge is 0.357 e. The van der Waals surface area contributed by atoms with Crippen LogP contribution in [0.4, 0.5) is 0 Å². The number of hydrogen-bond donors (Lipinski definition) is 2. The van der Waals surface area contributed by atoms with E-state index in [0.29, 0.717) is 32.1 Å². The molecule has 1 aromatic heterocycles. The Labute approximate surface area is 154 Å². The molecule has 2 N–H and O–H groups in total. The van der Waals surface area contributed by atoms with Crippen LogP contribution in [0.1, 0.15) is 13.3 Å². The predicted molar refractivity (Wildman–Crippen MR) is 104 cm³/mol. The molecule has 0 atom stereocenters. The standard InChI is InChI=1S/C15H28N6O2S2/c1-2-16-15(17-5-3-8-20-9-4-6-19-20)18-7-14-25(22,23)21-10-12-24-13-11-21/h4,6,9H,2-3,5,7-8,10-14H2,1H3,(H2,16,17,18). The fourth-order valence-electron chi connectivity index (χ4n) is 2.45. The van der Waals surface area contributed by atoms with Crippen LogP contribution in [0, 0.1) is 0 Å². The number of rotatable bonds is 9. The van der Waals surface area contributed by atoms with E-state index in [-0.39, 0.29) is 5.75 Å². The maximum atomic E-state index is 12.3. The number of aliphatic imine (C=N–C) groups is 1. The molecule has 25 heavy (non-hydrogen) atoms. The van der Waals surface area contributed by atoms with Crippen molar-refractivity contribution in [3.8, 4) is 0 Å². The molecule has 10 heteroatoms. The summed E-state index contributed by atoms with van der Waals surface area (Å²) in [4.78, 5) is 4.49. The highest BCUT2D eigenvalue weighted by atomic mass is 32.2. The lowest BCUT2D eigenvalue weighted by Crippen LogP contribution is -2.44. The average Bonchev–Trinajstić information content (AvgIpc) is 3.13. The quantitative estimate of drug-likeness (QED) is 0.357. The highest BCUT2D eigenvalue weighted by molar-refractivity contribution is 7.99. The number of hydrogen-bond acceptors (Lipinski definition) is 5. The average molecular weight is 389 g/mol. The molecule has 1 saturated heterocycles. The Hall–Kier alpha value is -1.26. The van der Waals surface area contributed by atoms with Crippen molar-refractivity contribution in [3.63, 3.8) is 0 Å². The van der Waals surface area contributed by atoms with Crippen molar-refractivity contribution in [3.05, 3.63) is 18.5 Å². The van der Waals surface area contributed by atoms with Gasteiger partial charge in [-0.1, -0.05) is 0 Å². The summed E-state index contributed by atoms with van der Waals surface area (Å²) in [5.41, 5.74) is 0. The van der Waals surface area contributed by atoms with E-state index in [4.69, 9.17) is 0 Å². The minimum Gasteiger partial charge on any atom is -0.357 e. The number of nitrogens with zero attached hydrogens (tertiary/aromatic N) is 4. The Kier molecular flexibility index (Phi) is 8.56. The molecule has 2 rings (SSSR count). The second kappa shape index (κ2) is 10.7. The zero-order valence-electron chi connectivity index (χ0n) is 14.7. The van der Waals surface area contributed by atoms with E-state index >= 15 is 0 Å². The summed E-state index contributed by atoms with van der Waals surface area (Å²) in [6.07, 6.45) is 4.56. The monoisotopic (exact) mass is 388 g/mol. The molecule has 0 unspecified atom stereocenters. The van der Waals surface area contributed by atoms with Gasteiger partial charge in [0.1, 0.15) is 0 Å². The third kappa shape index (κ3) is 7.25. The first-order valence-corrected chi connectivity index (χ1v) is 11.4. The molecule has 142 valence electrons. The maximum Gasteiger partial charge on any atom is 0.215 e. The molecule has 1 fully saturated rings. The summed E-state index contributed by atoms with van der Waals surface area (Å²) >= 11 is 1.80. The van der Waals surface area contributed by atoms with Crippen LogP contribution >= 0.6 is 11.8 Å². The number of nitrogens with one attached hydrogen (secondary N) is 2. The maximum absolute atomic E-state index is 12.3. The van der Waals surface area contributed by atoms with E-state index in [1.54, 1.807) is 22.3 Å². The van der Waals surface area contributed by atoms with Crippen LogP contribution in [-0.2, 0) is 16.6 Å². The first kappa shape index (κ1) is 20.1. The van der Waals surface area contributed by atoms with Gasteiger partial charge in [-0.25, -0.2) is 12.7 Å². The fourth-order valence-corrected chi connectivity index (χ4v) is 4.94. The lowest BCUT2D eigenvalue weighted by Gasteiger charge is -2.25. The number of guanidine groups is 1. The van der Waals surface area contributed by atoms with E-state index in [0.717, 1.165) is 31.0 Å². The SMILES string of the molecule is CCNC(=NCCCn1cccn1)NCCS(=O)(=O)N1CCSCC1. The van der Waals surface area contributed by atoms with Crippen LogP contribution in [0.15, 0.2) is 23.5 Å². The summed E-state index contributed by atoms with van der Waals surface area (Å²) in [7, 11) is -3.19. The van der Waals surface area contributed by atoms with Gasteiger partial charge in [-0.05, 0) is 19.4 Å². The Morgan fingerprint density at radius 2 is 2.12 bits per heavy atom. The zero-order valence-corrected chi connectivity index (χ0v) is 16.4. The highest BCUT2D eigenvalue weighted by Crippen LogP contribution is 2.12. The van der Waals surface area contributed by atoms with Crippen LogP contribution < -0.4 is 10.6 Å². The molecule has 0 saturated carbocycles. The fraction of sp³-hybridized carbons (Fsp3) is 0.733. The molecule has 1 aliphatic heterocycles. The van der Waals surface area contributed by atoms with Gasteiger partial charge in [-0.3, -0.25) is 9.67 Å². The van der Waals surface area contributed by atoms with Crippen LogP contribution in [0.3, 0.4) is 0 Å².